The molecule has 1 heterocycles. The maximum Gasteiger partial charge on any atom is 0.387 e. The van der Waals surface area contributed by atoms with E-state index in [0.29, 0.717) is 17.9 Å². The van der Waals surface area contributed by atoms with Crippen LogP contribution in [-0.2, 0) is 4.74 Å². The van der Waals surface area contributed by atoms with E-state index in [1.807, 2.05) is 10.9 Å². The van der Waals surface area contributed by atoms with Crippen molar-refractivity contribution in [1.82, 2.24) is 9.78 Å². The molecule has 122 valence electrons. The minimum absolute atomic E-state index is 0.0865. The molecule has 23 heavy (non-hydrogen) atoms. The van der Waals surface area contributed by atoms with Crippen molar-refractivity contribution in [2.75, 3.05) is 7.11 Å². The molecule has 1 fully saturated rings. The molecule has 0 saturated heterocycles. The van der Waals surface area contributed by atoms with Crippen molar-refractivity contribution >= 4 is 6.29 Å². The molecule has 5 nitrogen and oxygen atoms in total. The van der Waals surface area contributed by atoms with E-state index >= 15 is 0 Å². The largest absolute Gasteiger partial charge is 0.434 e. The highest BCUT2D eigenvalue weighted by molar-refractivity contribution is 5.81. The van der Waals surface area contributed by atoms with Crippen molar-refractivity contribution in [3.63, 3.8) is 0 Å². The second-order valence-corrected chi connectivity index (χ2v) is 5.44. The molecule has 0 aliphatic heterocycles. The average Bonchev–Trinajstić information content (AvgIpc) is 2.95. The fraction of sp³-hybridized carbons (Fsp3) is 0.375. The second-order valence-electron chi connectivity index (χ2n) is 5.44. The molecule has 1 saturated carbocycles. The third-order valence-electron chi connectivity index (χ3n) is 4.07. The van der Waals surface area contributed by atoms with Crippen LogP contribution in [0.3, 0.4) is 0 Å². The summed E-state index contributed by atoms with van der Waals surface area (Å²) in [4.78, 5) is 10.9. The summed E-state index contributed by atoms with van der Waals surface area (Å²) >= 11 is 0. The minimum atomic E-state index is -2.98. The quantitative estimate of drug-likeness (QED) is 0.766. The molecule has 0 bridgehead atoms. The number of ether oxygens (including phenoxy) is 2. The van der Waals surface area contributed by atoms with Crippen molar-refractivity contribution in [2.45, 2.75) is 31.6 Å². The van der Waals surface area contributed by atoms with Gasteiger partial charge in [-0.2, -0.15) is 13.9 Å². The van der Waals surface area contributed by atoms with Crippen molar-refractivity contribution < 1.29 is 23.0 Å². The second kappa shape index (κ2) is 6.45. The zero-order valence-corrected chi connectivity index (χ0v) is 12.5. The predicted octanol–water partition coefficient (Wildman–Crippen LogP) is 3.31. The van der Waals surface area contributed by atoms with Gasteiger partial charge < -0.3 is 9.47 Å². The molecular weight excluding hydrogens is 306 g/mol. The van der Waals surface area contributed by atoms with Gasteiger partial charge >= 0.3 is 6.61 Å². The van der Waals surface area contributed by atoms with Crippen LogP contribution < -0.4 is 4.74 Å². The number of benzene rings is 1. The van der Waals surface area contributed by atoms with Crippen molar-refractivity contribution in [3.05, 3.63) is 36.2 Å². The van der Waals surface area contributed by atoms with E-state index in [-0.39, 0.29) is 17.4 Å². The molecule has 1 aromatic carbocycles. The molecule has 3 rings (SSSR count). The van der Waals surface area contributed by atoms with Gasteiger partial charge in [-0.1, -0.05) is 6.07 Å². The van der Waals surface area contributed by atoms with Gasteiger partial charge in [0.1, 0.15) is 5.75 Å². The van der Waals surface area contributed by atoms with Gasteiger partial charge in [0.2, 0.25) is 0 Å². The van der Waals surface area contributed by atoms with Gasteiger partial charge in [0, 0.05) is 18.9 Å². The van der Waals surface area contributed by atoms with Crippen LogP contribution in [0.5, 0.6) is 5.75 Å². The summed E-state index contributed by atoms with van der Waals surface area (Å²) in [6, 6.07) is 4.86. The van der Waals surface area contributed by atoms with Crippen LogP contribution in [-0.4, -0.2) is 35.9 Å². The monoisotopic (exact) mass is 322 g/mol. The Kier molecular flexibility index (Phi) is 4.38. The third kappa shape index (κ3) is 3.24. The number of aromatic nitrogens is 2. The number of carbonyl (C=O) groups excluding carboxylic acids is 1. The molecule has 1 aromatic heterocycles. The van der Waals surface area contributed by atoms with E-state index in [0.717, 1.165) is 18.4 Å². The molecule has 0 N–H and O–H groups in total. The Morgan fingerprint density at radius 1 is 1.35 bits per heavy atom. The first-order chi connectivity index (χ1) is 11.1. The maximum absolute atomic E-state index is 12.4. The Morgan fingerprint density at radius 3 is 2.78 bits per heavy atom. The van der Waals surface area contributed by atoms with Crippen LogP contribution in [0.2, 0.25) is 0 Å². The fourth-order valence-corrected chi connectivity index (χ4v) is 2.64. The lowest BCUT2D eigenvalue weighted by molar-refractivity contribution is -0.0500. The SMILES string of the molecule is COC1CC(n2cc(-c3ccc(C=O)c(OC(F)F)c3)cn2)C1. The number of rotatable bonds is 6. The number of hydrogen-bond donors (Lipinski definition) is 0. The third-order valence-corrected chi connectivity index (χ3v) is 4.07. The number of hydrogen-bond acceptors (Lipinski definition) is 4. The van der Waals surface area contributed by atoms with E-state index < -0.39 is 6.61 Å². The Labute approximate surface area is 131 Å². The number of carbonyl (C=O) groups is 1. The summed E-state index contributed by atoms with van der Waals surface area (Å²) in [6.45, 7) is -2.98. The lowest BCUT2D eigenvalue weighted by atomic mass is 9.89. The molecule has 0 spiro atoms. The van der Waals surface area contributed by atoms with Crippen LogP contribution in [0.4, 0.5) is 8.78 Å². The average molecular weight is 322 g/mol. The molecule has 0 unspecified atom stereocenters. The highest BCUT2D eigenvalue weighted by Gasteiger charge is 2.31. The summed E-state index contributed by atoms with van der Waals surface area (Å²) in [7, 11) is 1.69. The Balaban J connectivity index is 1.81. The molecule has 0 amide bonds. The van der Waals surface area contributed by atoms with Gasteiger partial charge in [-0.15, -0.1) is 0 Å². The van der Waals surface area contributed by atoms with Gasteiger partial charge in [-0.25, -0.2) is 0 Å². The number of nitrogens with zero attached hydrogens (tertiary/aromatic N) is 2. The number of methoxy groups -OCH3 is 1. The summed E-state index contributed by atoms with van der Waals surface area (Å²) in [6.07, 6.45) is 6.10. The van der Waals surface area contributed by atoms with E-state index in [2.05, 4.69) is 9.84 Å². The Morgan fingerprint density at radius 2 is 2.13 bits per heavy atom. The van der Waals surface area contributed by atoms with Gasteiger partial charge in [-0.3, -0.25) is 9.48 Å². The first kappa shape index (κ1) is 15.6. The van der Waals surface area contributed by atoms with Crippen molar-refractivity contribution in [2.24, 2.45) is 0 Å². The maximum atomic E-state index is 12.4. The van der Waals surface area contributed by atoms with Gasteiger partial charge in [0.15, 0.2) is 6.29 Å². The highest BCUT2D eigenvalue weighted by atomic mass is 19.3. The minimum Gasteiger partial charge on any atom is -0.434 e. The molecule has 0 atom stereocenters. The summed E-state index contributed by atoms with van der Waals surface area (Å²) in [5.74, 6) is -0.136. The van der Waals surface area contributed by atoms with Crippen LogP contribution in [0.25, 0.3) is 11.1 Å². The lowest BCUT2D eigenvalue weighted by Crippen LogP contribution is -2.32. The van der Waals surface area contributed by atoms with Crippen LogP contribution >= 0.6 is 0 Å². The zero-order chi connectivity index (χ0) is 16.4. The normalized spacial score (nSPS) is 20.3. The van der Waals surface area contributed by atoms with Crippen molar-refractivity contribution in [3.8, 4) is 16.9 Å². The number of aldehydes is 1. The fourth-order valence-electron chi connectivity index (χ4n) is 2.64. The Bertz CT molecular complexity index is 696. The molecular formula is C16H16F2N2O3. The van der Waals surface area contributed by atoms with Gasteiger partial charge in [-0.05, 0) is 30.5 Å². The topological polar surface area (TPSA) is 53.4 Å². The van der Waals surface area contributed by atoms with Gasteiger partial charge in [0.05, 0.1) is 23.9 Å². The lowest BCUT2D eigenvalue weighted by Gasteiger charge is -2.34. The van der Waals surface area contributed by atoms with E-state index in [9.17, 15) is 13.6 Å². The van der Waals surface area contributed by atoms with Gasteiger partial charge in [0.25, 0.3) is 0 Å². The highest BCUT2D eigenvalue weighted by Crippen LogP contribution is 2.35. The van der Waals surface area contributed by atoms with E-state index in [1.165, 1.54) is 12.1 Å². The standard InChI is InChI=1S/C16H16F2N2O3/c1-22-14-5-13(6-14)20-8-12(7-19-20)10-2-3-11(9-21)15(4-10)23-16(17)18/h2-4,7-9,13-14,16H,5-6H2,1H3. The smallest absolute Gasteiger partial charge is 0.387 e. The molecule has 1 aliphatic rings. The van der Waals surface area contributed by atoms with Crippen LogP contribution in [0.1, 0.15) is 29.2 Å². The molecule has 1 aliphatic carbocycles. The molecule has 7 heteroatoms. The van der Waals surface area contributed by atoms with Crippen LogP contribution in [0, 0.1) is 0 Å². The first-order valence-electron chi connectivity index (χ1n) is 7.22. The number of halogens is 2. The Hall–Kier alpha value is -2.28. The summed E-state index contributed by atoms with van der Waals surface area (Å²) in [5, 5.41) is 4.32. The molecule has 0 radical (unpaired) electrons. The van der Waals surface area contributed by atoms with E-state index in [1.54, 1.807) is 19.4 Å². The zero-order valence-electron chi connectivity index (χ0n) is 12.5. The number of alkyl halides is 2. The predicted molar refractivity (Wildman–Crippen MR) is 78.8 cm³/mol. The first-order valence-corrected chi connectivity index (χ1v) is 7.22. The summed E-state index contributed by atoms with van der Waals surface area (Å²) < 4.78 is 36.4. The van der Waals surface area contributed by atoms with Crippen LogP contribution in [0.15, 0.2) is 30.6 Å². The summed E-state index contributed by atoms with van der Waals surface area (Å²) in [5.41, 5.74) is 1.53. The van der Waals surface area contributed by atoms with Crippen molar-refractivity contribution in [1.29, 1.82) is 0 Å². The molecule has 2 aromatic rings. The van der Waals surface area contributed by atoms with E-state index in [4.69, 9.17) is 4.74 Å².